The minimum atomic E-state index is -0.558. The van der Waals surface area contributed by atoms with Crippen molar-refractivity contribution in [2.24, 2.45) is 5.73 Å². The summed E-state index contributed by atoms with van der Waals surface area (Å²) < 4.78 is 10.9. The summed E-state index contributed by atoms with van der Waals surface area (Å²) in [5.41, 5.74) is 6.13. The summed E-state index contributed by atoms with van der Waals surface area (Å²) in [5.74, 6) is 0.326. The highest BCUT2D eigenvalue weighted by Crippen LogP contribution is 2.36. The van der Waals surface area contributed by atoms with Crippen LogP contribution in [0.3, 0.4) is 0 Å². The second-order valence-corrected chi connectivity index (χ2v) is 6.31. The Morgan fingerprint density at radius 2 is 2.17 bits per heavy atom. The SMILES string of the molecule is CCOc1cc(C[NH2+]Cc2cccs2)cc(Cl)c1OCC(N)=O. The third-order valence-electron chi connectivity index (χ3n) is 3.03. The van der Waals surface area contributed by atoms with E-state index in [1.807, 2.05) is 25.1 Å². The molecule has 4 N–H and O–H groups in total. The number of ether oxygens (including phenoxy) is 2. The molecule has 0 spiro atoms. The molecule has 124 valence electrons. The van der Waals surface area contributed by atoms with Crippen LogP contribution in [0.2, 0.25) is 5.02 Å². The minimum Gasteiger partial charge on any atom is -0.490 e. The van der Waals surface area contributed by atoms with E-state index in [2.05, 4.69) is 16.8 Å². The first-order valence-electron chi connectivity index (χ1n) is 7.30. The van der Waals surface area contributed by atoms with Crippen molar-refractivity contribution in [2.45, 2.75) is 20.0 Å². The molecule has 0 aliphatic carbocycles. The normalized spacial score (nSPS) is 10.5. The predicted molar refractivity (Wildman–Crippen MR) is 91.0 cm³/mol. The molecule has 0 aliphatic rings. The van der Waals surface area contributed by atoms with Crippen LogP contribution >= 0.6 is 22.9 Å². The summed E-state index contributed by atoms with van der Waals surface area (Å²) in [6.45, 7) is 3.81. The minimum absolute atomic E-state index is 0.232. The van der Waals surface area contributed by atoms with Gasteiger partial charge >= 0.3 is 0 Å². The molecule has 0 saturated carbocycles. The van der Waals surface area contributed by atoms with Gasteiger partial charge in [0, 0.05) is 5.56 Å². The Hall–Kier alpha value is -1.76. The van der Waals surface area contributed by atoms with Gasteiger partial charge in [-0.25, -0.2) is 0 Å². The van der Waals surface area contributed by atoms with Crippen molar-refractivity contribution in [1.82, 2.24) is 0 Å². The molecule has 0 saturated heterocycles. The van der Waals surface area contributed by atoms with Crippen LogP contribution in [0, 0.1) is 0 Å². The number of rotatable bonds is 9. The highest BCUT2D eigenvalue weighted by Gasteiger charge is 2.14. The summed E-state index contributed by atoms with van der Waals surface area (Å²) in [6, 6.07) is 7.87. The van der Waals surface area contributed by atoms with Crippen LogP contribution in [-0.4, -0.2) is 19.1 Å². The second kappa shape index (κ2) is 8.76. The van der Waals surface area contributed by atoms with E-state index in [0.717, 1.165) is 18.7 Å². The van der Waals surface area contributed by atoms with E-state index in [-0.39, 0.29) is 6.61 Å². The number of benzene rings is 1. The molecule has 0 atom stereocenters. The fourth-order valence-electron chi connectivity index (χ4n) is 2.10. The number of nitrogens with two attached hydrogens (primary N) is 2. The number of carbonyl (C=O) groups excluding carboxylic acids is 1. The predicted octanol–water partition coefficient (Wildman–Crippen LogP) is 1.93. The molecule has 2 rings (SSSR count). The number of halogens is 1. The Balaban J connectivity index is 2.06. The molecule has 1 heterocycles. The summed E-state index contributed by atoms with van der Waals surface area (Å²) in [5, 5.41) is 4.67. The van der Waals surface area contributed by atoms with Crippen molar-refractivity contribution in [3.05, 3.63) is 45.1 Å². The van der Waals surface area contributed by atoms with Crippen molar-refractivity contribution in [3.63, 3.8) is 0 Å². The third kappa shape index (κ3) is 5.42. The lowest BCUT2D eigenvalue weighted by Gasteiger charge is -2.14. The van der Waals surface area contributed by atoms with Gasteiger partial charge in [-0.2, -0.15) is 0 Å². The number of carbonyl (C=O) groups is 1. The van der Waals surface area contributed by atoms with Crippen LogP contribution in [0.4, 0.5) is 0 Å². The van der Waals surface area contributed by atoms with E-state index in [1.165, 1.54) is 4.88 Å². The number of primary amides is 1. The lowest BCUT2D eigenvalue weighted by Crippen LogP contribution is -2.80. The van der Waals surface area contributed by atoms with Crippen molar-refractivity contribution < 1.29 is 19.6 Å². The van der Waals surface area contributed by atoms with E-state index in [4.69, 9.17) is 26.8 Å². The monoisotopic (exact) mass is 355 g/mol. The van der Waals surface area contributed by atoms with Crippen molar-refractivity contribution in [3.8, 4) is 11.5 Å². The average Bonchev–Trinajstić information content (AvgIpc) is 3.00. The zero-order chi connectivity index (χ0) is 16.7. The quantitative estimate of drug-likeness (QED) is 0.721. The molecule has 5 nitrogen and oxygen atoms in total. The molecule has 1 amide bonds. The molecule has 0 radical (unpaired) electrons. The standard InChI is InChI=1S/C16H19ClN2O3S/c1-2-21-14-7-11(8-19-9-12-4-3-5-23-12)6-13(17)16(14)22-10-15(18)20/h3-7,19H,2,8-10H2,1H3,(H2,18,20)/p+1. The zero-order valence-electron chi connectivity index (χ0n) is 12.9. The molecule has 0 bridgehead atoms. The highest BCUT2D eigenvalue weighted by molar-refractivity contribution is 7.09. The maximum atomic E-state index is 10.9. The van der Waals surface area contributed by atoms with Gasteiger partial charge in [0.15, 0.2) is 18.1 Å². The molecule has 23 heavy (non-hydrogen) atoms. The lowest BCUT2D eigenvalue weighted by molar-refractivity contribution is -0.685. The van der Waals surface area contributed by atoms with Crippen LogP contribution < -0.4 is 20.5 Å². The molecular weight excluding hydrogens is 336 g/mol. The van der Waals surface area contributed by atoms with Gasteiger partial charge in [-0.3, -0.25) is 4.79 Å². The number of hydrogen-bond acceptors (Lipinski definition) is 4. The van der Waals surface area contributed by atoms with Gasteiger partial charge in [0.25, 0.3) is 5.91 Å². The van der Waals surface area contributed by atoms with E-state index in [9.17, 15) is 4.79 Å². The summed E-state index contributed by atoms with van der Waals surface area (Å²) >= 11 is 8.00. The summed E-state index contributed by atoms with van der Waals surface area (Å²) in [7, 11) is 0. The topological polar surface area (TPSA) is 78.2 Å². The average molecular weight is 356 g/mol. The number of quaternary nitrogens is 1. The second-order valence-electron chi connectivity index (χ2n) is 4.87. The van der Waals surface area contributed by atoms with E-state index < -0.39 is 5.91 Å². The van der Waals surface area contributed by atoms with Crippen molar-refractivity contribution >= 4 is 28.8 Å². The molecule has 0 aliphatic heterocycles. The van der Waals surface area contributed by atoms with Crippen LogP contribution in [0.25, 0.3) is 0 Å². The van der Waals surface area contributed by atoms with Gasteiger partial charge in [-0.1, -0.05) is 17.7 Å². The van der Waals surface area contributed by atoms with Gasteiger partial charge in [-0.05, 0) is 30.5 Å². The van der Waals surface area contributed by atoms with E-state index >= 15 is 0 Å². The van der Waals surface area contributed by atoms with Crippen LogP contribution in [-0.2, 0) is 17.9 Å². The summed E-state index contributed by atoms with van der Waals surface area (Å²) in [4.78, 5) is 12.2. The Bertz CT molecular complexity index is 647. The van der Waals surface area contributed by atoms with Gasteiger partial charge in [0.2, 0.25) is 0 Å². The van der Waals surface area contributed by atoms with Gasteiger partial charge < -0.3 is 20.5 Å². The number of hydrogen-bond donors (Lipinski definition) is 2. The number of thiophene rings is 1. The Kier molecular flexibility index (Phi) is 6.70. The molecule has 7 heteroatoms. The molecule has 0 unspecified atom stereocenters. The fourth-order valence-corrected chi connectivity index (χ4v) is 3.09. The first-order chi connectivity index (χ1) is 11.1. The molecule has 1 aromatic carbocycles. The lowest BCUT2D eigenvalue weighted by atomic mass is 10.2. The fraction of sp³-hybridized carbons (Fsp3) is 0.312. The largest absolute Gasteiger partial charge is 0.490 e. The van der Waals surface area contributed by atoms with Crippen molar-refractivity contribution in [2.75, 3.05) is 13.2 Å². The molecular formula is C16H20ClN2O3S+. The third-order valence-corrected chi connectivity index (χ3v) is 4.21. The zero-order valence-corrected chi connectivity index (χ0v) is 14.5. The van der Waals surface area contributed by atoms with Crippen LogP contribution in [0.5, 0.6) is 11.5 Å². The van der Waals surface area contributed by atoms with Crippen molar-refractivity contribution in [1.29, 1.82) is 0 Å². The Labute approximate surface area is 144 Å². The summed E-state index contributed by atoms with van der Waals surface area (Å²) in [6.07, 6.45) is 0. The van der Waals surface area contributed by atoms with Crippen LogP contribution in [0.15, 0.2) is 29.6 Å². The van der Waals surface area contributed by atoms with Gasteiger partial charge in [0.05, 0.1) is 16.5 Å². The highest BCUT2D eigenvalue weighted by atomic mass is 35.5. The van der Waals surface area contributed by atoms with Gasteiger partial charge in [0.1, 0.15) is 13.1 Å². The number of amides is 1. The van der Waals surface area contributed by atoms with Crippen LogP contribution in [0.1, 0.15) is 17.4 Å². The van der Waals surface area contributed by atoms with Gasteiger partial charge in [-0.15, -0.1) is 11.3 Å². The Morgan fingerprint density at radius 3 is 2.83 bits per heavy atom. The first-order valence-corrected chi connectivity index (χ1v) is 8.56. The molecule has 1 aromatic heterocycles. The van der Waals surface area contributed by atoms with E-state index in [0.29, 0.717) is 23.1 Å². The van der Waals surface area contributed by atoms with E-state index in [1.54, 1.807) is 11.3 Å². The smallest absolute Gasteiger partial charge is 0.255 e. The molecule has 2 aromatic rings. The Morgan fingerprint density at radius 1 is 1.35 bits per heavy atom. The maximum Gasteiger partial charge on any atom is 0.255 e. The first kappa shape index (κ1) is 17.6. The molecule has 0 fully saturated rings. The maximum absolute atomic E-state index is 10.9.